The first-order valence-corrected chi connectivity index (χ1v) is 10.4. The molecule has 1 amide bonds. The number of nitrogens with zero attached hydrogens (tertiary/aromatic N) is 3. The zero-order chi connectivity index (χ0) is 20.3. The molecule has 30 heavy (non-hydrogen) atoms. The molecule has 146 valence electrons. The van der Waals surface area contributed by atoms with E-state index >= 15 is 0 Å². The molecule has 1 aromatic heterocycles. The van der Waals surface area contributed by atoms with E-state index in [9.17, 15) is 4.79 Å². The number of fused-ring (bicyclic) bond motifs is 1. The molecule has 0 aliphatic carbocycles. The summed E-state index contributed by atoms with van der Waals surface area (Å²) in [5.41, 5.74) is 4.67. The summed E-state index contributed by atoms with van der Waals surface area (Å²) in [4.78, 5) is 27.8. The van der Waals surface area contributed by atoms with E-state index in [0.717, 1.165) is 27.8 Å². The quantitative estimate of drug-likeness (QED) is 0.460. The van der Waals surface area contributed by atoms with E-state index in [4.69, 9.17) is 4.99 Å². The summed E-state index contributed by atoms with van der Waals surface area (Å²) in [7, 11) is 0. The molecule has 0 saturated carbocycles. The summed E-state index contributed by atoms with van der Waals surface area (Å²) in [6, 6.07) is 25.6. The number of H-pyrrole nitrogens is 1. The summed E-state index contributed by atoms with van der Waals surface area (Å²) in [5.74, 6) is -0.0411. The second kappa shape index (κ2) is 8.00. The van der Waals surface area contributed by atoms with Crippen LogP contribution in [0.1, 0.15) is 11.1 Å². The molecule has 1 aliphatic rings. The number of nitrogens with one attached hydrogen (secondary N) is 1. The standard InChI is InChI=1S/C24H18N4OS/c29-23-22(14-18-11-12-20-21(13-18)26-16-25-20)30-24(27-19-9-5-2-6-10-19)28(23)15-17-7-3-1-4-8-17/h1-14,16H,15H2,(H,25,26). The van der Waals surface area contributed by atoms with Crippen molar-refractivity contribution in [3.63, 3.8) is 0 Å². The van der Waals surface area contributed by atoms with Gasteiger partial charge in [0.25, 0.3) is 5.91 Å². The van der Waals surface area contributed by atoms with Gasteiger partial charge in [0.1, 0.15) is 0 Å². The summed E-state index contributed by atoms with van der Waals surface area (Å²) < 4.78 is 0. The number of amides is 1. The third kappa shape index (κ3) is 3.77. The maximum absolute atomic E-state index is 13.3. The first-order chi connectivity index (χ1) is 14.8. The van der Waals surface area contributed by atoms with Gasteiger partial charge in [0.15, 0.2) is 5.17 Å². The molecule has 2 heterocycles. The molecular weight excluding hydrogens is 392 g/mol. The Kier molecular flexibility index (Phi) is 4.91. The fraction of sp³-hybridized carbons (Fsp3) is 0.0417. The fourth-order valence-electron chi connectivity index (χ4n) is 3.30. The van der Waals surface area contributed by atoms with Crippen LogP contribution in [0.15, 0.2) is 95.1 Å². The number of benzene rings is 3. The molecule has 1 fully saturated rings. The number of aliphatic imine (C=N–C) groups is 1. The van der Waals surface area contributed by atoms with Crippen molar-refractivity contribution >= 4 is 45.6 Å². The Morgan fingerprint density at radius 1 is 1.00 bits per heavy atom. The Morgan fingerprint density at radius 2 is 1.77 bits per heavy atom. The van der Waals surface area contributed by atoms with Crippen molar-refractivity contribution in [1.29, 1.82) is 0 Å². The molecule has 0 atom stereocenters. The zero-order valence-electron chi connectivity index (χ0n) is 16.0. The number of hydrogen-bond donors (Lipinski definition) is 1. The van der Waals surface area contributed by atoms with Crippen LogP contribution in [0.5, 0.6) is 0 Å². The first-order valence-electron chi connectivity index (χ1n) is 9.58. The number of hydrogen-bond acceptors (Lipinski definition) is 4. The third-order valence-corrected chi connectivity index (χ3v) is 5.80. The Balaban J connectivity index is 1.51. The highest BCUT2D eigenvalue weighted by molar-refractivity contribution is 8.18. The number of amidine groups is 1. The van der Waals surface area contributed by atoms with Crippen molar-refractivity contribution in [2.75, 3.05) is 0 Å². The lowest BCUT2D eigenvalue weighted by Gasteiger charge is -2.15. The highest BCUT2D eigenvalue weighted by Gasteiger charge is 2.33. The second-order valence-corrected chi connectivity index (χ2v) is 7.91. The number of rotatable bonds is 4. The van der Waals surface area contributed by atoms with Gasteiger partial charge in [-0.15, -0.1) is 0 Å². The van der Waals surface area contributed by atoms with Crippen molar-refractivity contribution in [2.45, 2.75) is 6.54 Å². The van der Waals surface area contributed by atoms with Crippen molar-refractivity contribution in [1.82, 2.24) is 14.9 Å². The second-order valence-electron chi connectivity index (χ2n) is 6.90. The Morgan fingerprint density at radius 3 is 2.57 bits per heavy atom. The van der Waals surface area contributed by atoms with Crippen LogP contribution in [0.2, 0.25) is 0 Å². The van der Waals surface area contributed by atoms with Crippen LogP contribution in [0.3, 0.4) is 0 Å². The average Bonchev–Trinajstić information content (AvgIpc) is 3.35. The van der Waals surface area contributed by atoms with Crippen LogP contribution in [0.4, 0.5) is 5.69 Å². The van der Waals surface area contributed by atoms with Crippen LogP contribution >= 0.6 is 11.8 Å². The Labute approximate surface area is 178 Å². The van der Waals surface area contributed by atoms with Crippen molar-refractivity contribution in [2.24, 2.45) is 4.99 Å². The highest BCUT2D eigenvalue weighted by atomic mass is 32.2. The molecule has 0 spiro atoms. The fourth-order valence-corrected chi connectivity index (χ4v) is 4.30. The number of aromatic nitrogens is 2. The average molecular weight is 411 g/mol. The van der Waals surface area contributed by atoms with Gasteiger partial charge >= 0.3 is 0 Å². The highest BCUT2D eigenvalue weighted by Crippen LogP contribution is 2.35. The van der Waals surface area contributed by atoms with Gasteiger partial charge in [0.05, 0.1) is 34.5 Å². The van der Waals surface area contributed by atoms with E-state index in [1.807, 2.05) is 84.9 Å². The van der Waals surface area contributed by atoms with Gasteiger partial charge in [-0.2, -0.15) is 0 Å². The number of carbonyl (C=O) groups excluding carboxylic acids is 1. The minimum Gasteiger partial charge on any atom is -0.345 e. The minimum absolute atomic E-state index is 0.0411. The Hall–Kier alpha value is -3.64. The van der Waals surface area contributed by atoms with Crippen LogP contribution in [-0.4, -0.2) is 25.9 Å². The van der Waals surface area contributed by atoms with Gasteiger partial charge in [0.2, 0.25) is 0 Å². The van der Waals surface area contributed by atoms with Crippen LogP contribution in [0.25, 0.3) is 17.1 Å². The number of para-hydroxylation sites is 1. The lowest BCUT2D eigenvalue weighted by Crippen LogP contribution is -2.28. The number of carbonyl (C=O) groups is 1. The normalized spacial score (nSPS) is 16.8. The lowest BCUT2D eigenvalue weighted by atomic mass is 10.2. The molecule has 1 N–H and O–H groups in total. The predicted octanol–water partition coefficient (Wildman–Crippen LogP) is 5.37. The van der Waals surface area contributed by atoms with Crippen molar-refractivity contribution in [3.8, 4) is 0 Å². The molecule has 0 bridgehead atoms. The van der Waals surface area contributed by atoms with E-state index < -0.39 is 0 Å². The molecule has 4 aromatic rings. The molecule has 5 nitrogen and oxygen atoms in total. The summed E-state index contributed by atoms with van der Waals surface area (Å²) in [6.45, 7) is 0.480. The maximum Gasteiger partial charge on any atom is 0.267 e. The van der Waals surface area contributed by atoms with Gasteiger partial charge in [-0.1, -0.05) is 54.6 Å². The van der Waals surface area contributed by atoms with Crippen molar-refractivity contribution in [3.05, 3.63) is 101 Å². The smallest absolute Gasteiger partial charge is 0.267 e. The van der Waals surface area contributed by atoms with E-state index in [2.05, 4.69) is 9.97 Å². The maximum atomic E-state index is 13.3. The molecular formula is C24H18N4OS. The SMILES string of the molecule is O=C1C(=Cc2ccc3[nH]cnc3c2)SC(=Nc2ccccc2)N1Cc1ccccc1. The van der Waals surface area contributed by atoms with E-state index in [1.165, 1.54) is 11.8 Å². The largest absolute Gasteiger partial charge is 0.345 e. The molecule has 0 radical (unpaired) electrons. The minimum atomic E-state index is -0.0411. The van der Waals surface area contributed by atoms with Gasteiger partial charge in [-0.3, -0.25) is 9.69 Å². The van der Waals surface area contributed by atoms with Gasteiger partial charge in [-0.05, 0) is 53.2 Å². The third-order valence-electron chi connectivity index (χ3n) is 4.80. The Bertz CT molecular complexity index is 1260. The molecule has 5 rings (SSSR count). The van der Waals surface area contributed by atoms with Gasteiger partial charge in [-0.25, -0.2) is 9.98 Å². The molecule has 0 unspecified atom stereocenters. The number of aromatic amines is 1. The zero-order valence-corrected chi connectivity index (χ0v) is 16.8. The number of imidazole rings is 1. The number of thioether (sulfide) groups is 1. The van der Waals surface area contributed by atoms with E-state index in [0.29, 0.717) is 16.6 Å². The van der Waals surface area contributed by atoms with Crippen molar-refractivity contribution < 1.29 is 4.79 Å². The van der Waals surface area contributed by atoms with Crippen LogP contribution in [-0.2, 0) is 11.3 Å². The first kappa shape index (κ1) is 18.4. The summed E-state index contributed by atoms with van der Waals surface area (Å²) >= 11 is 1.40. The van der Waals surface area contributed by atoms with Crippen LogP contribution < -0.4 is 0 Å². The summed E-state index contributed by atoms with van der Waals surface area (Å²) in [5, 5.41) is 0.683. The van der Waals surface area contributed by atoms with E-state index in [-0.39, 0.29) is 5.91 Å². The molecule has 3 aromatic carbocycles. The molecule has 1 saturated heterocycles. The van der Waals surface area contributed by atoms with E-state index in [1.54, 1.807) is 11.2 Å². The molecule has 1 aliphatic heterocycles. The molecule has 6 heteroatoms. The van der Waals surface area contributed by atoms with Crippen LogP contribution in [0, 0.1) is 0 Å². The summed E-state index contributed by atoms with van der Waals surface area (Å²) in [6.07, 6.45) is 3.58. The monoisotopic (exact) mass is 410 g/mol. The van der Waals surface area contributed by atoms with Gasteiger partial charge in [0, 0.05) is 0 Å². The predicted molar refractivity (Wildman–Crippen MR) is 122 cm³/mol. The lowest BCUT2D eigenvalue weighted by molar-refractivity contribution is -0.122. The topological polar surface area (TPSA) is 61.4 Å². The van der Waals surface area contributed by atoms with Gasteiger partial charge < -0.3 is 4.98 Å².